The van der Waals surface area contributed by atoms with E-state index in [-0.39, 0.29) is 24.5 Å². The van der Waals surface area contributed by atoms with Gasteiger partial charge in [0.2, 0.25) is 0 Å². The Labute approximate surface area is 112 Å². The average molecular weight is 269 g/mol. The van der Waals surface area contributed by atoms with Crippen LogP contribution in [0.4, 0.5) is 4.39 Å². The molecule has 0 aliphatic heterocycles. The van der Waals surface area contributed by atoms with Gasteiger partial charge in [-0.2, -0.15) is 0 Å². The molecule has 0 radical (unpaired) electrons. The molecule has 1 N–H and O–H groups in total. The van der Waals surface area contributed by atoms with Gasteiger partial charge in [0.1, 0.15) is 0 Å². The summed E-state index contributed by atoms with van der Waals surface area (Å²) in [7, 11) is 1.80. The maximum Gasteiger partial charge on any atom is 0.344 e. The fourth-order valence-corrected chi connectivity index (χ4v) is 1.50. The molecule has 0 spiro atoms. The van der Waals surface area contributed by atoms with E-state index >= 15 is 0 Å². The minimum Gasteiger partial charge on any atom is -0.479 e. The van der Waals surface area contributed by atoms with Gasteiger partial charge in [-0.15, -0.1) is 0 Å². The zero-order valence-corrected chi connectivity index (χ0v) is 11.7. The number of hydrogen-bond donors (Lipinski definition) is 1. The van der Waals surface area contributed by atoms with Crippen molar-refractivity contribution in [2.75, 3.05) is 13.7 Å². The largest absolute Gasteiger partial charge is 0.479 e. The van der Waals surface area contributed by atoms with Crippen LogP contribution in [0.1, 0.15) is 32.4 Å². The Bertz CT molecular complexity index is 435. The molecule has 106 valence electrons. The van der Waals surface area contributed by atoms with Crippen LogP contribution in [0.25, 0.3) is 0 Å². The van der Waals surface area contributed by atoms with E-state index in [0.717, 1.165) is 5.56 Å². The molecule has 0 saturated carbocycles. The van der Waals surface area contributed by atoms with Crippen LogP contribution in [0.5, 0.6) is 5.75 Å². The first kappa shape index (κ1) is 15.4. The predicted molar refractivity (Wildman–Crippen MR) is 70.6 cm³/mol. The molecule has 19 heavy (non-hydrogen) atoms. The van der Waals surface area contributed by atoms with Crippen LogP contribution in [0.15, 0.2) is 18.2 Å². The summed E-state index contributed by atoms with van der Waals surface area (Å²) >= 11 is 0. The summed E-state index contributed by atoms with van der Waals surface area (Å²) < 4.78 is 23.7. The minimum atomic E-state index is -0.512. The highest BCUT2D eigenvalue weighted by Crippen LogP contribution is 2.21. The van der Waals surface area contributed by atoms with Crippen molar-refractivity contribution in [1.82, 2.24) is 5.32 Å². The summed E-state index contributed by atoms with van der Waals surface area (Å²) in [5.41, 5.74) is 0.817. The molecule has 0 fully saturated rings. The third-order valence-corrected chi connectivity index (χ3v) is 2.60. The van der Waals surface area contributed by atoms with Crippen molar-refractivity contribution in [2.45, 2.75) is 32.9 Å². The molecule has 0 amide bonds. The Hall–Kier alpha value is -1.62. The van der Waals surface area contributed by atoms with Crippen molar-refractivity contribution in [3.63, 3.8) is 0 Å². The minimum absolute atomic E-state index is 0.0489. The van der Waals surface area contributed by atoms with Crippen molar-refractivity contribution in [1.29, 1.82) is 0 Å². The lowest BCUT2D eigenvalue weighted by atomic mass is 10.1. The van der Waals surface area contributed by atoms with Crippen LogP contribution in [-0.2, 0) is 9.53 Å². The molecular formula is C14H20FNO3. The second-order valence-corrected chi connectivity index (χ2v) is 4.53. The van der Waals surface area contributed by atoms with Gasteiger partial charge in [-0.3, -0.25) is 0 Å². The molecule has 0 aromatic heterocycles. The number of benzene rings is 1. The number of nitrogens with one attached hydrogen (secondary N) is 1. The summed E-state index contributed by atoms with van der Waals surface area (Å²) in [6, 6.07) is 4.72. The van der Waals surface area contributed by atoms with E-state index < -0.39 is 11.8 Å². The molecule has 5 heteroatoms. The van der Waals surface area contributed by atoms with Gasteiger partial charge in [0.15, 0.2) is 18.2 Å². The maximum absolute atomic E-state index is 13.8. The van der Waals surface area contributed by atoms with Crippen molar-refractivity contribution < 1.29 is 18.7 Å². The van der Waals surface area contributed by atoms with E-state index in [0.29, 0.717) is 0 Å². The van der Waals surface area contributed by atoms with Gasteiger partial charge < -0.3 is 14.8 Å². The lowest BCUT2D eigenvalue weighted by Gasteiger charge is -2.13. The normalized spacial score (nSPS) is 12.3. The van der Waals surface area contributed by atoms with Crippen LogP contribution in [0, 0.1) is 5.82 Å². The van der Waals surface area contributed by atoms with Crippen LogP contribution in [-0.4, -0.2) is 25.7 Å². The molecule has 1 rings (SSSR count). The highest BCUT2D eigenvalue weighted by molar-refractivity contribution is 5.71. The highest BCUT2D eigenvalue weighted by atomic mass is 19.1. The van der Waals surface area contributed by atoms with E-state index in [2.05, 4.69) is 5.32 Å². The summed E-state index contributed by atoms with van der Waals surface area (Å²) in [5.74, 6) is -0.952. The number of esters is 1. The molecule has 0 bridgehead atoms. The Balaban J connectivity index is 2.63. The number of halogens is 1. The summed E-state index contributed by atoms with van der Waals surface area (Å²) in [6.45, 7) is 5.12. The first-order valence-corrected chi connectivity index (χ1v) is 6.23. The quantitative estimate of drug-likeness (QED) is 0.806. The van der Waals surface area contributed by atoms with E-state index in [1.807, 2.05) is 6.92 Å². The molecule has 4 nitrogen and oxygen atoms in total. The fourth-order valence-electron chi connectivity index (χ4n) is 1.50. The summed E-state index contributed by atoms with van der Waals surface area (Å²) in [6.07, 6.45) is -0.209. The van der Waals surface area contributed by atoms with Crippen LogP contribution in [0.2, 0.25) is 0 Å². The Morgan fingerprint density at radius 1 is 1.37 bits per heavy atom. The van der Waals surface area contributed by atoms with Gasteiger partial charge in [0.05, 0.1) is 6.10 Å². The first-order chi connectivity index (χ1) is 8.93. The third kappa shape index (κ3) is 4.87. The van der Waals surface area contributed by atoms with Crippen molar-refractivity contribution in [2.24, 2.45) is 0 Å². The maximum atomic E-state index is 13.8. The second-order valence-electron chi connectivity index (χ2n) is 4.53. The van der Waals surface area contributed by atoms with E-state index in [9.17, 15) is 9.18 Å². The third-order valence-electron chi connectivity index (χ3n) is 2.60. The second kappa shape index (κ2) is 7.09. The molecule has 1 aromatic rings. The lowest BCUT2D eigenvalue weighted by Crippen LogP contribution is -2.19. The van der Waals surface area contributed by atoms with Gasteiger partial charge >= 0.3 is 5.97 Å². The topological polar surface area (TPSA) is 47.6 Å². The molecule has 0 aliphatic rings. The number of carbonyl (C=O) groups excluding carboxylic acids is 1. The molecule has 0 aliphatic carbocycles. The van der Waals surface area contributed by atoms with Crippen molar-refractivity contribution in [3.05, 3.63) is 29.6 Å². The SMILES string of the molecule is CNC(C)c1ccc(OCC(=O)OC(C)C)c(F)c1. The number of hydrogen-bond acceptors (Lipinski definition) is 4. The van der Waals surface area contributed by atoms with Crippen LogP contribution >= 0.6 is 0 Å². The molecule has 0 heterocycles. The number of rotatable bonds is 6. The van der Waals surface area contributed by atoms with Gasteiger partial charge in [-0.1, -0.05) is 6.07 Å². The standard InChI is InChI=1S/C14H20FNO3/c1-9(2)19-14(17)8-18-13-6-5-11(7-12(13)15)10(3)16-4/h5-7,9-10,16H,8H2,1-4H3. The van der Waals surface area contributed by atoms with Gasteiger partial charge in [0, 0.05) is 6.04 Å². The molecule has 0 saturated heterocycles. The lowest BCUT2D eigenvalue weighted by molar-refractivity contribution is -0.149. The average Bonchev–Trinajstić information content (AvgIpc) is 2.35. The summed E-state index contributed by atoms with van der Waals surface area (Å²) in [5, 5.41) is 3.02. The smallest absolute Gasteiger partial charge is 0.344 e. The molecule has 1 unspecified atom stereocenters. The monoisotopic (exact) mass is 269 g/mol. The predicted octanol–water partition coefficient (Wildman–Crippen LogP) is 2.44. The molecule has 1 atom stereocenters. The van der Waals surface area contributed by atoms with E-state index in [1.165, 1.54) is 12.1 Å². The van der Waals surface area contributed by atoms with Crippen molar-refractivity contribution >= 4 is 5.97 Å². The van der Waals surface area contributed by atoms with Crippen molar-refractivity contribution in [3.8, 4) is 5.75 Å². The first-order valence-electron chi connectivity index (χ1n) is 6.23. The Kier molecular flexibility index (Phi) is 5.76. The van der Waals surface area contributed by atoms with Crippen LogP contribution in [0.3, 0.4) is 0 Å². The van der Waals surface area contributed by atoms with E-state index in [4.69, 9.17) is 9.47 Å². The Morgan fingerprint density at radius 2 is 2.05 bits per heavy atom. The van der Waals surface area contributed by atoms with Gasteiger partial charge in [-0.25, -0.2) is 9.18 Å². The molecular weight excluding hydrogens is 249 g/mol. The van der Waals surface area contributed by atoms with Crippen LogP contribution < -0.4 is 10.1 Å². The number of carbonyl (C=O) groups is 1. The van der Waals surface area contributed by atoms with Gasteiger partial charge in [-0.05, 0) is 45.5 Å². The highest BCUT2D eigenvalue weighted by Gasteiger charge is 2.11. The van der Waals surface area contributed by atoms with Gasteiger partial charge in [0.25, 0.3) is 0 Å². The zero-order chi connectivity index (χ0) is 14.4. The zero-order valence-electron chi connectivity index (χ0n) is 11.7. The van der Waals surface area contributed by atoms with E-state index in [1.54, 1.807) is 27.0 Å². The fraction of sp³-hybridized carbons (Fsp3) is 0.500. The molecule has 1 aromatic carbocycles. The number of ether oxygens (including phenoxy) is 2. The summed E-state index contributed by atoms with van der Waals surface area (Å²) in [4.78, 5) is 11.3. The Morgan fingerprint density at radius 3 is 2.58 bits per heavy atom.